The normalized spacial score (nSPS) is 15.1. The second-order valence-corrected chi connectivity index (χ2v) is 4.65. The van der Waals surface area contributed by atoms with Gasteiger partial charge in [0.05, 0.1) is 10.9 Å². The molecule has 3 heteroatoms. The average molecular weight is 210 g/mol. The van der Waals surface area contributed by atoms with Crippen molar-refractivity contribution in [1.82, 2.24) is 4.98 Å². The summed E-state index contributed by atoms with van der Waals surface area (Å²) in [5.74, 6) is 1.14. The Kier molecular flexibility index (Phi) is 4.98. The molecule has 0 spiro atoms. The number of pyridine rings is 1. The molecule has 78 valence electrons. The number of rotatable bonds is 5. The number of nitrogens with two attached hydrogens (primary N) is 1. The Morgan fingerprint density at radius 2 is 2.29 bits per heavy atom. The smallest absolute Gasteiger partial charge is 0.0618 e. The van der Waals surface area contributed by atoms with Gasteiger partial charge in [0.1, 0.15) is 0 Å². The van der Waals surface area contributed by atoms with Crippen molar-refractivity contribution in [3.05, 3.63) is 30.1 Å². The molecule has 0 aliphatic carbocycles. The van der Waals surface area contributed by atoms with Crippen LogP contribution >= 0.6 is 11.8 Å². The SMILES string of the molecule is CCCSC(c1ccccn1)C(C)N. The van der Waals surface area contributed by atoms with E-state index in [0.29, 0.717) is 5.25 Å². The molecule has 0 amide bonds. The van der Waals surface area contributed by atoms with Gasteiger partial charge in [-0.25, -0.2) is 0 Å². The third-order valence-corrected chi connectivity index (χ3v) is 3.63. The fraction of sp³-hybridized carbons (Fsp3) is 0.545. The third kappa shape index (κ3) is 3.31. The summed E-state index contributed by atoms with van der Waals surface area (Å²) in [5, 5.41) is 0.330. The third-order valence-electron chi connectivity index (χ3n) is 1.96. The minimum Gasteiger partial charge on any atom is -0.327 e. The zero-order valence-corrected chi connectivity index (χ0v) is 9.63. The molecule has 2 nitrogen and oxygen atoms in total. The van der Waals surface area contributed by atoms with E-state index < -0.39 is 0 Å². The van der Waals surface area contributed by atoms with Crippen molar-refractivity contribution in [2.45, 2.75) is 31.6 Å². The van der Waals surface area contributed by atoms with Gasteiger partial charge in [0.15, 0.2) is 0 Å². The van der Waals surface area contributed by atoms with Gasteiger partial charge >= 0.3 is 0 Å². The maximum atomic E-state index is 5.95. The molecule has 2 unspecified atom stereocenters. The molecule has 2 atom stereocenters. The minimum atomic E-state index is 0.154. The number of thioether (sulfide) groups is 1. The quantitative estimate of drug-likeness (QED) is 0.812. The Bertz CT molecular complexity index is 249. The molecule has 1 aromatic rings. The van der Waals surface area contributed by atoms with Gasteiger partial charge in [-0.15, -0.1) is 0 Å². The lowest BCUT2D eigenvalue weighted by Gasteiger charge is -2.19. The summed E-state index contributed by atoms with van der Waals surface area (Å²) in [4.78, 5) is 4.35. The molecule has 0 aliphatic rings. The van der Waals surface area contributed by atoms with Gasteiger partial charge in [0.2, 0.25) is 0 Å². The maximum Gasteiger partial charge on any atom is 0.0618 e. The van der Waals surface area contributed by atoms with Crippen LogP contribution in [0, 0.1) is 0 Å². The van der Waals surface area contributed by atoms with Crippen molar-refractivity contribution in [3.63, 3.8) is 0 Å². The Morgan fingerprint density at radius 1 is 1.50 bits per heavy atom. The van der Waals surface area contributed by atoms with E-state index in [1.54, 1.807) is 0 Å². The molecular weight excluding hydrogens is 192 g/mol. The first-order valence-electron chi connectivity index (χ1n) is 5.03. The van der Waals surface area contributed by atoms with Crippen LogP contribution in [0.5, 0.6) is 0 Å². The van der Waals surface area contributed by atoms with Gasteiger partial charge in [-0.1, -0.05) is 13.0 Å². The molecule has 0 aromatic carbocycles. The molecule has 14 heavy (non-hydrogen) atoms. The summed E-state index contributed by atoms with van der Waals surface area (Å²) >= 11 is 1.90. The van der Waals surface area contributed by atoms with E-state index in [1.807, 2.05) is 37.0 Å². The first kappa shape index (κ1) is 11.5. The van der Waals surface area contributed by atoms with Crippen LogP contribution in [0.25, 0.3) is 0 Å². The Morgan fingerprint density at radius 3 is 2.79 bits per heavy atom. The molecule has 1 aromatic heterocycles. The van der Waals surface area contributed by atoms with Crippen molar-refractivity contribution < 1.29 is 0 Å². The zero-order valence-electron chi connectivity index (χ0n) is 8.81. The molecule has 0 saturated heterocycles. The van der Waals surface area contributed by atoms with Crippen LogP contribution in [0.1, 0.15) is 31.2 Å². The van der Waals surface area contributed by atoms with E-state index in [-0.39, 0.29) is 6.04 Å². The first-order chi connectivity index (χ1) is 6.75. The highest BCUT2D eigenvalue weighted by Crippen LogP contribution is 2.29. The lowest BCUT2D eigenvalue weighted by atomic mass is 10.2. The van der Waals surface area contributed by atoms with Crippen LogP contribution in [-0.2, 0) is 0 Å². The van der Waals surface area contributed by atoms with Crippen LogP contribution in [0.4, 0.5) is 0 Å². The zero-order chi connectivity index (χ0) is 10.4. The first-order valence-corrected chi connectivity index (χ1v) is 6.08. The van der Waals surface area contributed by atoms with Crippen LogP contribution in [0.15, 0.2) is 24.4 Å². The summed E-state index contributed by atoms with van der Waals surface area (Å²) in [6.45, 7) is 4.23. The monoisotopic (exact) mass is 210 g/mol. The summed E-state index contributed by atoms with van der Waals surface area (Å²) in [6.07, 6.45) is 3.01. The lowest BCUT2D eigenvalue weighted by Crippen LogP contribution is -2.23. The van der Waals surface area contributed by atoms with Gasteiger partial charge < -0.3 is 5.73 Å². The summed E-state index contributed by atoms with van der Waals surface area (Å²) in [7, 11) is 0. The van der Waals surface area contributed by atoms with Crippen LogP contribution < -0.4 is 5.73 Å². The van der Waals surface area contributed by atoms with Crippen molar-refractivity contribution in [2.75, 3.05) is 5.75 Å². The molecule has 2 N–H and O–H groups in total. The van der Waals surface area contributed by atoms with E-state index in [2.05, 4.69) is 18.0 Å². The number of hydrogen-bond donors (Lipinski definition) is 1. The van der Waals surface area contributed by atoms with E-state index in [4.69, 9.17) is 5.73 Å². The van der Waals surface area contributed by atoms with E-state index >= 15 is 0 Å². The predicted octanol–water partition coefficient (Wildman–Crippen LogP) is 2.61. The highest BCUT2D eigenvalue weighted by molar-refractivity contribution is 7.99. The number of nitrogens with zero attached hydrogens (tertiary/aromatic N) is 1. The fourth-order valence-electron chi connectivity index (χ4n) is 1.30. The highest BCUT2D eigenvalue weighted by atomic mass is 32.2. The molecule has 0 saturated carbocycles. The minimum absolute atomic E-state index is 0.154. The van der Waals surface area contributed by atoms with Gasteiger partial charge in [-0.05, 0) is 31.2 Å². The topological polar surface area (TPSA) is 38.9 Å². The van der Waals surface area contributed by atoms with E-state index in [0.717, 1.165) is 11.4 Å². The van der Waals surface area contributed by atoms with Crippen LogP contribution in [0.2, 0.25) is 0 Å². The standard InChI is InChI=1S/C11H18N2S/c1-3-8-14-11(9(2)12)10-6-4-5-7-13-10/h4-7,9,11H,3,8,12H2,1-2H3. The van der Waals surface area contributed by atoms with Crippen molar-refractivity contribution in [1.29, 1.82) is 0 Å². The van der Waals surface area contributed by atoms with E-state index in [9.17, 15) is 0 Å². The second-order valence-electron chi connectivity index (χ2n) is 3.41. The number of hydrogen-bond acceptors (Lipinski definition) is 3. The molecule has 0 radical (unpaired) electrons. The van der Waals surface area contributed by atoms with Crippen LogP contribution in [-0.4, -0.2) is 16.8 Å². The Hall–Kier alpha value is -0.540. The average Bonchev–Trinajstić information content (AvgIpc) is 2.19. The molecule has 0 bridgehead atoms. The van der Waals surface area contributed by atoms with Gasteiger partial charge in [0, 0.05) is 12.2 Å². The molecular formula is C11H18N2S. The second kappa shape index (κ2) is 6.04. The summed E-state index contributed by atoms with van der Waals surface area (Å²) in [6, 6.07) is 6.16. The molecule has 1 rings (SSSR count). The van der Waals surface area contributed by atoms with Crippen molar-refractivity contribution in [2.24, 2.45) is 5.73 Å². The number of aromatic nitrogens is 1. The van der Waals surface area contributed by atoms with E-state index in [1.165, 1.54) is 6.42 Å². The van der Waals surface area contributed by atoms with Gasteiger partial charge in [-0.3, -0.25) is 4.98 Å². The largest absolute Gasteiger partial charge is 0.327 e. The highest BCUT2D eigenvalue weighted by Gasteiger charge is 2.16. The molecule has 1 heterocycles. The summed E-state index contributed by atoms with van der Waals surface area (Å²) < 4.78 is 0. The summed E-state index contributed by atoms with van der Waals surface area (Å²) in [5.41, 5.74) is 7.05. The van der Waals surface area contributed by atoms with Gasteiger partial charge in [0.25, 0.3) is 0 Å². The maximum absolute atomic E-state index is 5.95. The Balaban J connectivity index is 2.68. The van der Waals surface area contributed by atoms with Crippen molar-refractivity contribution >= 4 is 11.8 Å². The predicted molar refractivity (Wildman–Crippen MR) is 63.4 cm³/mol. The fourth-order valence-corrected chi connectivity index (χ4v) is 2.40. The molecule has 0 aliphatic heterocycles. The lowest BCUT2D eigenvalue weighted by molar-refractivity contribution is 0.705. The molecule has 0 fully saturated rings. The van der Waals surface area contributed by atoms with Crippen LogP contribution in [0.3, 0.4) is 0 Å². The van der Waals surface area contributed by atoms with Crippen molar-refractivity contribution in [3.8, 4) is 0 Å². The van der Waals surface area contributed by atoms with Gasteiger partial charge in [-0.2, -0.15) is 11.8 Å². The Labute approximate surface area is 90.3 Å².